The van der Waals surface area contributed by atoms with Gasteiger partial charge < -0.3 is 5.32 Å². The number of aromatic nitrogens is 1. The Labute approximate surface area is 107 Å². The summed E-state index contributed by atoms with van der Waals surface area (Å²) in [7, 11) is 0. The lowest BCUT2D eigenvalue weighted by Crippen LogP contribution is -2.03. The van der Waals surface area contributed by atoms with Gasteiger partial charge in [0.15, 0.2) is 0 Å². The number of halogens is 1. The second-order valence-electron chi connectivity index (χ2n) is 4.07. The Morgan fingerprint density at radius 1 is 1.24 bits per heavy atom. The van der Waals surface area contributed by atoms with Gasteiger partial charge in [-0.05, 0) is 48.7 Å². The van der Waals surface area contributed by atoms with Crippen LogP contribution >= 0.6 is 11.6 Å². The fourth-order valence-electron chi connectivity index (χ4n) is 1.67. The quantitative estimate of drug-likeness (QED) is 0.887. The van der Waals surface area contributed by atoms with Crippen LogP contribution in [0.3, 0.4) is 0 Å². The van der Waals surface area contributed by atoms with Crippen molar-refractivity contribution in [1.29, 1.82) is 0 Å². The van der Waals surface area contributed by atoms with Crippen molar-refractivity contribution in [3.63, 3.8) is 0 Å². The number of nitrogens with one attached hydrogen (secondary N) is 1. The van der Waals surface area contributed by atoms with Gasteiger partial charge in [-0.1, -0.05) is 17.7 Å². The summed E-state index contributed by atoms with van der Waals surface area (Å²) in [4.78, 5) is 4.13. The van der Waals surface area contributed by atoms with E-state index in [-0.39, 0.29) is 0 Å². The van der Waals surface area contributed by atoms with E-state index in [1.54, 1.807) is 0 Å². The summed E-state index contributed by atoms with van der Waals surface area (Å²) in [6.45, 7) is 4.87. The maximum Gasteiger partial charge on any atom is 0.0455 e. The molecule has 1 N–H and O–H groups in total. The maximum absolute atomic E-state index is 6.07. The van der Waals surface area contributed by atoms with Crippen molar-refractivity contribution in [3.8, 4) is 0 Å². The SMILES string of the molecule is Cc1ccncc1CNc1cccc(Cl)c1C. The lowest BCUT2D eigenvalue weighted by molar-refractivity contribution is 1.08. The van der Waals surface area contributed by atoms with E-state index in [1.807, 2.05) is 43.6 Å². The minimum atomic E-state index is 0.765. The van der Waals surface area contributed by atoms with Gasteiger partial charge >= 0.3 is 0 Å². The molecule has 0 saturated carbocycles. The summed E-state index contributed by atoms with van der Waals surface area (Å²) in [5.41, 5.74) is 4.59. The fraction of sp³-hybridized carbons (Fsp3) is 0.214. The van der Waals surface area contributed by atoms with E-state index in [2.05, 4.69) is 17.2 Å². The summed E-state index contributed by atoms with van der Waals surface area (Å²) in [5, 5.41) is 4.18. The number of hydrogen-bond acceptors (Lipinski definition) is 2. The summed E-state index contributed by atoms with van der Waals surface area (Å²) in [6, 6.07) is 7.90. The molecule has 2 nitrogen and oxygen atoms in total. The number of pyridine rings is 1. The molecule has 1 heterocycles. The van der Waals surface area contributed by atoms with Crippen molar-refractivity contribution >= 4 is 17.3 Å². The van der Waals surface area contributed by atoms with E-state index in [4.69, 9.17) is 11.6 Å². The van der Waals surface area contributed by atoms with Crippen LogP contribution in [0.5, 0.6) is 0 Å². The second kappa shape index (κ2) is 5.19. The first-order chi connectivity index (χ1) is 8.18. The summed E-state index contributed by atoms with van der Waals surface area (Å²) < 4.78 is 0. The van der Waals surface area contributed by atoms with Crippen molar-refractivity contribution in [2.24, 2.45) is 0 Å². The highest BCUT2D eigenvalue weighted by Crippen LogP contribution is 2.23. The molecule has 0 aliphatic heterocycles. The molecule has 0 unspecified atom stereocenters. The van der Waals surface area contributed by atoms with E-state index >= 15 is 0 Å². The van der Waals surface area contributed by atoms with Crippen LogP contribution in [0.1, 0.15) is 16.7 Å². The van der Waals surface area contributed by atoms with Crippen molar-refractivity contribution in [2.45, 2.75) is 20.4 Å². The van der Waals surface area contributed by atoms with E-state index < -0.39 is 0 Å². The molecule has 1 aromatic carbocycles. The third-order valence-electron chi connectivity index (χ3n) is 2.88. The van der Waals surface area contributed by atoms with Gasteiger partial charge in [-0.15, -0.1) is 0 Å². The molecule has 3 heteroatoms. The monoisotopic (exact) mass is 246 g/mol. The minimum Gasteiger partial charge on any atom is -0.381 e. The Morgan fingerprint density at radius 3 is 2.82 bits per heavy atom. The number of aryl methyl sites for hydroxylation is 1. The third kappa shape index (κ3) is 2.77. The maximum atomic E-state index is 6.07. The van der Waals surface area contributed by atoms with Crippen molar-refractivity contribution in [1.82, 2.24) is 4.98 Å². The molecule has 0 bridgehead atoms. The first-order valence-electron chi connectivity index (χ1n) is 5.57. The molecular weight excluding hydrogens is 232 g/mol. The van der Waals surface area contributed by atoms with Crippen LogP contribution in [0.15, 0.2) is 36.7 Å². The molecule has 2 aromatic rings. The summed E-state index contributed by atoms with van der Waals surface area (Å²) >= 11 is 6.07. The molecule has 0 atom stereocenters. The van der Waals surface area contributed by atoms with E-state index in [0.29, 0.717) is 0 Å². The van der Waals surface area contributed by atoms with Gasteiger partial charge in [-0.2, -0.15) is 0 Å². The van der Waals surface area contributed by atoms with E-state index in [9.17, 15) is 0 Å². The van der Waals surface area contributed by atoms with Gasteiger partial charge in [-0.3, -0.25) is 4.98 Å². The second-order valence-corrected chi connectivity index (χ2v) is 4.48. The highest BCUT2D eigenvalue weighted by Gasteiger charge is 2.02. The molecule has 0 saturated heterocycles. The number of anilines is 1. The molecule has 0 aliphatic rings. The number of rotatable bonds is 3. The first-order valence-corrected chi connectivity index (χ1v) is 5.95. The third-order valence-corrected chi connectivity index (χ3v) is 3.29. The largest absolute Gasteiger partial charge is 0.381 e. The Morgan fingerprint density at radius 2 is 2.06 bits per heavy atom. The lowest BCUT2D eigenvalue weighted by Gasteiger charge is -2.11. The molecule has 0 radical (unpaired) electrons. The minimum absolute atomic E-state index is 0.765. The molecule has 0 amide bonds. The molecule has 0 spiro atoms. The van der Waals surface area contributed by atoms with E-state index in [1.165, 1.54) is 11.1 Å². The zero-order valence-electron chi connectivity index (χ0n) is 10.00. The fourth-order valence-corrected chi connectivity index (χ4v) is 1.85. The highest BCUT2D eigenvalue weighted by molar-refractivity contribution is 6.31. The smallest absolute Gasteiger partial charge is 0.0455 e. The normalized spacial score (nSPS) is 10.3. The lowest BCUT2D eigenvalue weighted by atomic mass is 10.1. The van der Waals surface area contributed by atoms with Gasteiger partial charge in [0.25, 0.3) is 0 Å². The Balaban J connectivity index is 2.13. The molecule has 0 fully saturated rings. The van der Waals surface area contributed by atoms with Crippen molar-refractivity contribution in [3.05, 3.63) is 58.4 Å². The molecule has 0 aliphatic carbocycles. The Bertz CT molecular complexity index is 523. The first kappa shape index (κ1) is 11.9. The predicted molar refractivity (Wildman–Crippen MR) is 72.5 cm³/mol. The van der Waals surface area contributed by atoms with Crippen LogP contribution in [0.4, 0.5) is 5.69 Å². The molecule has 1 aromatic heterocycles. The number of nitrogens with zero attached hydrogens (tertiary/aromatic N) is 1. The van der Waals surface area contributed by atoms with Crippen molar-refractivity contribution < 1.29 is 0 Å². The van der Waals surface area contributed by atoms with Crippen LogP contribution in [0.25, 0.3) is 0 Å². The van der Waals surface area contributed by atoms with Gasteiger partial charge in [0.2, 0.25) is 0 Å². The van der Waals surface area contributed by atoms with Gasteiger partial charge in [-0.25, -0.2) is 0 Å². The number of hydrogen-bond donors (Lipinski definition) is 1. The molecule has 17 heavy (non-hydrogen) atoms. The standard InChI is InChI=1S/C14H15ClN2/c1-10-6-7-16-8-12(10)9-17-14-5-3-4-13(15)11(14)2/h3-8,17H,9H2,1-2H3. The van der Waals surface area contributed by atoms with Crippen LogP contribution in [-0.2, 0) is 6.54 Å². The van der Waals surface area contributed by atoms with Crippen LogP contribution in [0.2, 0.25) is 5.02 Å². The highest BCUT2D eigenvalue weighted by atomic mass is 35.5. The molecular formula is C14H15ClN2. The molecule has 88 valence electrons. The topological polar surface area (TPSA) is 24.9 Å². The van der Waals surface area contributed by atoms with E-state index in [0.717, 1.165) is 22.8 Å². The Hall–Kier alpha value is -1.54. The van der Waals surface area contributed by atoms with Crippen LogP contribution in [-0.4, -0.2) is 4.98 Å². The predicted octanol–water partition coefficient (Wildman–Crippen LogP) is 3.96. The summed E-state index contributed by atoms with van der Waals surface area (Å²) in [6.07, 6.45) is 3.70. The van der Waals surface area contributed by atoms with Crippen molar-refractivity contribution in [2.75, 3.05) is 5.32 Å². The average molecular weight is 247 g/mol. The Kier molecular flexibility index (Phi) is 3.64. The average Bonchev–Trinajstić information content (AvgIpc) is 2.33. The van der Waals surface area contributed by atoms with Crippen LogP contribution < -0.4 is 5.32 Å². The zero-order chi connectivity index (χ0) is 12.3. The number of benzene rings is 1. The zero-order valence-corrected chi connectivity index (χ0v) is 10.8. The van der Waals surface area contributed by atoms with Gasteiger partial charge in [0.05, 0.1) is 0 Å². The van der Waals surface area contributed by atoms with Crippen LogP contribution in [0, 0.1) is 13.8 Å². The van der Waals surface area contributed by atoms with Gasteiger partial charge in [0, 0.05) is 29.6 Å². The summed E-state index contributed by atoms with van der Waals surface area (Å²) in [5.74, 6) is 0. The van der Waals surface area contributed by atoms with Gasteiger partial charge in [0.1, 0.15) is 0 Å². The molecule has 2 rings (SSSR count).